The second-order valence-electron chi connectivity index (χ2n) is 4.88. The number of aromatic nitrogens is 1. The Morgan fingerprint density at radius 2 is 1.96 bits per heavy atom. The minimum absolute atomic E-state index is 0.0958. The standard InChI is InChI=1S/C15H13N3O5S/c16-24(20,21)11-6-7-13-12(8-11)17-14(23-13)18-15(19)22-9-10-4-2-1-3-5-10/h1-8H,9H2,(H2,16,20,21)(H,17,18,19). The van der Waals surface area contributed by atoms with E-state index in [1.165, 1.54) is 18.2 Å². The molecule has 0 fully saturated rings. The number of fused-ring (bicyclic) bond motifs is 1. The van der Waals surface area contributed by atoms with E-state index in [4.69, 9.17) is 14.3 Å². The molecule has 1 amide bonds. The average Bonchev–Trinajstić information content (AvgIpc) is 2.94. The molecule has 0 bridgehead atoms. The predicted octanol–water partition coefficient (Wildman–Crippen LogP) is 2.22. The molecule has 2 aromatic carbocycles. The van der Waals surface area contributed by atoms with Gasteiger partial charge in [0.2, 0.25) is 10.0 Å². The van der Waals surface area contributed by atoms with Crippen LogP contribution in [-0.2, 0) is 21.4 Å². The van der Waals surface area contributed by atoms with E-state index in [1.54, 1.807) is 0 Å². The molecule has 8 nitrogen and oxygen atoms in total. The fourth-order valence-electron chi connectivity index (χ4n) is 1.98. The number of ether oxygens (including phenoxy) is 1. The van der Waals surface area contributed by atoms with Gasteiger partial charge in [0.25, 0.3) is 0 Å². The van der Waals surface area contributed by atoms with E-state index in [0.29, 0.717) is 5.58 Å². The summed E-state index contributed by atoms with van der Waals surface area (Å²) in [7, 11) is -3.84. The van der Waals surface area contributed by atoms with Crippen LogP contribution < -0.4 is 10.5 Å². The van der Waals surface area contributed by atoms with Crippen LogP contribution in [0.4, 0.5) is 10.8 Å². The summed E-state index contributed by atoms with van der Waals surface area (Å²) in [6.45, 7) is 0.0997. The van der Waals surface area contributed by atoms with E-state index in [-0.39, 0.29) is 23.0 Å². The predicted molar refractivity (Wildman–Crippen MR) is 85.6 cm³/mol. The molecular formula is C15H13N3O5S. The lowest BCUT2D eigenvalue weighted by Crippen LogP contribution is -2.13. The van der Waals surface area contributed by atoms with E-state index in [1.807, 2.05) is 30.3 Å². The zero-order valence-corrected chi connectivity index (χ0v) is 13.1. The number of sulfonamides is 1. The van der Waals surface area contributed by atoms with Gasteiger partial charge in [0, 0.05) is 0 Å². The number of anilines is 1. The Balaban J connectivity index is 1.70. The molecule has 3 aromatic rings. The SMILES string of the molecule is NS(=O)(=O)c1ccc2oc(NC(=O)OCc3ccccc3)nc2c1. The number of nitrogens with two attached hydrogens (primary N) is 1. The number of amides is 1. The Morgan fingerprint density at radius 1 is 1.21 bits per heavy atom. The smallest absolute Gasteiger partial charge is 0.415 e. The van der Waals surface area contributed by atoms with Crippen LogP contribution in [0.2, 0.25) is 0 Å². The van der Waals surface area contributed by atoms with Gasteiger partial charge in [0.05, 0.1) is 4.90 Å². The summed E-state index contributed by atoms with van der Waals surface area (Å²) in [5.74, 6) is 0. The van der Waals surface area contributed by atoms with Crippen molar-refractivity contribution in [1.29, 1.82) is 0 Å². The Hall–Kier alpha value is -2.91. The number of carbonyl (C=O) groups excluding carboxylic acids is 1. The number of oxazole rings is 1. The summed E-state index contributed by atoms with van der Waals surface area (Å²) in [6, 6.07) is 13.0. The van der Waals surface area contributed by atoms with Crippen molar-refractivity contribution in [3.63, 3.8) is 0 Å². The van der Waals surface area contributed by atoms with E-state index in [2.05, 4.69) is 10.3 Å². The first-order chi connectivity index (χ1) is 11.4. The summed E-state index contributed by atoms with van der Waals surface area (Å²) in [6.07, 6.45) is -0.739. The van der Waals surface area contributed by atoms with Crippen LogP contribution in [0, 0.1) is 0 Å². The molecule has 0 atom stereocenters. The summed E-state index contributed by atoms with van der Waals surface area (Å²) >= 11 is 0. The van der Waals surface area contributed by atoms with Crippen LogP contribution in [0.15, 0.2) is 57.8 Å². The van der Waals surface area contributed by atoms with Crippen molar-refractivity contribution in [1.82, 2.24) is 4.98 Å². The van der Waals surface area contributed by atoms with Crippen LogP contribution >= 0.6 is 0 Å². The Labute approximate surface area is 137 Å². The molecular weight excluding hydrogens is 334 g/mol. The van der Waals surface area contributed by atoms with Crippen LogP contribution in [-0.4, -0.2) is 19.5 Å². The quantitative estimate of drug-likeness (QED) is 0.745. The Bertz CT molecular complexity index is 983. The molecule has 24 heavy (non-hydrogen) atoms. The topological polar surface area (TPSA) is 125 Å². The lowest BCUT2D eigenvalue weighted by molar-refractivity contribution is 0.154. The molecule has 0 saturated heterocycles. The van der Waals surface area contributed by atoms with Crippen molar-refractivity contribution in [3.8, 4) is 0 Å². The van der Waals surface area contributed by atoms with Crippen LogP contribution in [0.5, 0.6) is 0 Å². The fraction of sp³-hybridized carbons (Fsp3) is 0.0667. The van der Waals surface area contributed by atoms with Crippen molar-refractivity contribution in [3.05, 3.63) is 54.1 Å². The average molecular weight is 347 g/mol. The number of hydrogen-bond acceptors (Lipinski definition) is 6. The lowest BCUT2D eigenvalue weighted by Gasteiger charge is -2.03. The molecule has 1 aromatic heterocycles. The highest BCUT2D eigenvalue weighted by atomic mass is 32.2. The number of hydrogen-bond donors (Lipinski definition) is 2. The van der Waals surface area contributed by atoms with Crippen molar-refractivity contribution in [2.24, 2.45) is 5.14 Å². The van der Waals surface area contributed by atoms with E-state index in [0.717, 1.165) is 5.56 Å². The van der Waals surface area contributed by atoms with Gasteiger partial charge in [-0.25, -0.2) is 23.7 Å². The molecule has 0 spiro atoms. The molecule has 0 aliphatic rings. The molecule has 0 saturated carbocycles. The molecule has 124 valence electrons. The first-order valence-electron chi connectivity index (χ1n) is 6.83. The van der Waals surface area contributed by atoms with Gasteiger partial charge in [0.15, 0.2) is 5.58 Å². The van der Waals surface area contributed by atoms with Crippen molar-refractivity contribution < 1.29 is 22.4 Å². The highest BCUT2D eigenvalue weighted by Gasteiger charge is 2.14. The number of nitrogens with zero attached hydrogens (tertiary/aromatic N) is 1. The van der Waals surface area contributed by atoms with E-state index >= 15 is 0 Å². The Morgan fingerprint density at radius 3 is 2.67 bits per heavy atom. The van der Waals surface area contributed by atoms with E-state index < -0.39 is 16.1 Å². The fourth-order valence-corrected chi connectivity index (χ4v) is 2.52. The first-order valence-corrected chi connectivity index (χ1v) is 8.37. The third kappa shape index (κ3) is 3.70. The summed E-state index contributed by atoms with van der Waals surface area (Å²) in [4.78, 5) is 15.6. The van der Waals surface area contributed by atoms with Gasteiger partial charge in [-0.2, -0.15) is 4.98 Å². The monoisotopic (exact) mass is 347 g/mol. The summed E-state index contributed by atoms with van der Waals surface area (Å²) < 4.78 is 33.0. The molecule has 0 radical (unpaired) electrons. The van der Waals surface area contributed by atoms with Crippen molar-refractivity contribution in [2.75, 3.05) is 5.32 Å². The van der Waals surface area contributed by atoms with Crippen LogP contribution in [0.3, 0.4) is 0 Å². The van der Waals surface area contributed by atoms with Crippen LogP contribution in [0.1, 0.15) is 5.56 Å². The zero-order chi connectivity index (χ0) is 17.2. The maximum atomic E-state index is 11.7. The molecule has 0 unspecified atom stereocenters. The maximum absolute atomic E-state index is 11.7. The molecule has 0 aliphatic heterocycles. The minimum atomic E-state index is -3.84. The Kier molecular flexibility index (Phi) is 4.19. The molecule has 3 N–H and O–H groups in total. The second-order valence-corrected chi connectivity index (χ2v) is 6.44. The number of benzene rings is 2. The number of primary sulfonamides is 1. The van der Waals surface area contributed by atoms with Gasteiger partial charge in [-0.05, 0) is 23.8 Å². The lowest BCUT2D eigenvalue weighted by atomic mass is 10.2. The number of nitrogens with one attached hydrogen (secondary N) is 1. The van der Waals surface area contributed by atoms with Gasteiger partial charge in [-0.3, -0.25) is 0 Å². The summed E-state index contributed by atoms with van der Waals surface area (Å²) in [5, 5.41) is 7.39. The molecule has 9 heteroatoms. The van der Waals surface area contributed by atoms with Gasteiger partial charge >= 0.3 is 12.1 Å². The second kappa shape index (κ2) is 6.30. The van der Waals surface area contributed by atoms with Gasteiger partial charge < -0.3 is 9.15 Å². The number of rotatable bonds is 4. The largest absolute Gasteiger partial charge is 0.444 e. The highest BCUT2D eigenvalue weighted by Crippen LogP contribution is 2.21. The third-order valence-corrected chi connectivity index (χ3v) is 4.02. The maximum Gasteiger partial charge on any atom is 0.415 e. The normalized spacial score (nSPS) is 11.4. The van der Waals surface area contributed by atoms with Crippen molar-refractivity contribution >= 4 is 33.2 Å². The van der Waals surface area contributed by atoms with Crippen LogP contribution in [0.25, 0.3) is 11.1 Å². The first kappa shape index (κ1) is 16.0. The van der Waals surface area contributed by atoms with Gasteiger partial charge in [-0.1, -0.05) is 30.3 Å². The molecule has 1 heterocycles. The zero-order valence-electron chi connectivity index (χ0n) is 12.3. The van der Waals surface area contributed by atoms with Gasteiger partial charge in [0.1, 0.15) is 12.1 Å². The molecule has 3 rings (SSSR count). The van der Waals surface area contributed by atoms with Gasteiger partial charge in [-0.15, -0.1) is 0 Å². The summed E-state index contributed by atoms with van der Waals surface area (Å²) in [5.41, 5.74) is 1.39. The highest BCUT2D eigenvalue weighted by molar-refractivity contribution is 7.89. The van der Waals surface area contributed by atoms with Crippen molar-refractivity contribution in [2.45, 2.75) is 11.5 Å². The minimum Gasteiger partial charge on any atom is -0.444 e. The number of carbonyl (C=O) groups is 1. The van der Waals surface area contributed by atoms with E-state index in [9.17, 15) is 13.2 Å². The molecule has 0 aliphatic carbocycles. The third-order valence-electron chi connectivity index (χ3n) is 3.11.